The summed E-state index contributed by atoms with van der Waals surface area (Å²) >= 11 is 0. The van der Waals surface area contributed by atoms with Crippen LogP contribution in [0, 0.1) is 11.8 Å². The molecule has 0 radical (unpaired) electrons. The van der Waals surface area contributed by atoms with E-state index in [1.165, 1.54) is 25.9 Å². The van der Waals surface area contributed by atoms with Crippen molar-refractivity contribution < 1.29 is 10.2 Å². The lowest BCUT2D eigenvalue weighted by molar-refractivity contribution is 0.163. The number of anilines is 3. The molecule has 0 aromatic carbocycles. The molecule has 2 aliphatic rings. The molecule has 0 spiro atoms. The lowest BCUT2D eigenvalue weighted by Gasteiger charge is -2.39. The number of hydrogen-bond acceptors (Lipinski definition) is 8. The van der Waals surface area contributed by atoms with Gasteiger partial charge in [-0.2, -0.15) is 9.97 Å². The standard InChI is InChI=1S/C17H30N6O2/c18-17-20-15(19-3-6-24)8-16(21-17)23-10-13(7-14(11-23)12-25)9-22-4-1-2-5-22/h8,13-14,24-25H,1-7,9-12H2,(H3,18,19,20,21). The predicted octanol–water partition coefficient (Wildman–Crippen LogP) is -0.00640. The summed E-state index contributed by atoms with van der Waals surface area (Å²) < 4.78 is 0. The van der Waals surface area contributed by atoms with Gasteiger partial charge in [0.2, 0.25) is 5.95 Å². The maximum absolute atomic E-state index is 9.72. The third-order valence-electron chi connectivity index (χ3n) is 5.07. The highest BCUT2D eigenvalue weighted by atomic mass is 16.3. The van der Waals surface area contributed by atoms with Gasteiger partial charge >= 0.3 is 0 Å². The first-order valence-electron chi connectivity index (χ1n) is 9.25. The van der Waals surface area contributed by atoms with Crippen LogP contribution in [-0.4, -0.2) is 77.6 Å². The van der Waals surface area contributed by atoms with Crippen molar-refractivity contribution in [3.63, 3.8) is 0 Å². The topological polar surface area (TPSA) is 111 Å². The largest absolute Gasteiger partial charge is 0.396 e. The number of aliphatic hydroxyl groups is 2. The average molecular weight is 350 g/mol. The number of likely N-dealkylation sites (tertiary alicyclic amines) is 1. The van der Waals surface area contributed by atoms with E-state index < -0.39 is 0 Å². The zero-order valence-corrected chi connectivity index (χ0v) is 14.8. The third-order valence-corrected chi connectivity index (χ3v) is 5.07. The Kier molecular flexibility index (Phi) is 6.28. The molecule has 25 heavy (non-hydrogen) atoms. The van der Waals surface area contributed by atoms with Crippen molar-refractivity contribution in [1.29, 1.82) is 0 Å². The summed E-state index contributed by atoms with van der Waals surface area (Å²) in [5, 5.41) is 21.7. The number of aromatic nitrogens is 2. The van der Waals surface area contributed by atoms with Crippen LogP contribution in [0.25, 0.3) is 0 Å². The Morgan fingerprint density at radius 2 is 1.92 bits per heavy atom. The summed E-state index contributed by atoms with van der Waals surface area (Å²) in [5.41, 5.74) is 5.86. The molecule has 3 heterocycles. The van der Waals surface area contributed by atoms with Gasteiger partial charge in [0.1, 0.15) is 11.6 Å². The third kappa shape index (κ3) is 4.93. The fraction of sp³-hybridized carbons (Fsp3) is 0.765. The number of nitrogen functional groups attached to an aromatic ring is 1. The monoisotopic (exact) mass is 350 g/mol. The molecule has 1 aromatic rings. The summed E-state index contributed by atoms with van der Waals surface area (Å²) in [6.07, 6.45) is 3.64. The van der Waals surface area contributed by atoms with Crippen molar-refractivity contribution in [3.8, 4) is 0 Å². The second kappa shape index (κ2) is 8.64. The number of nitrogens with zero attached hydrogens (tertiary/aromatic N) is 4. The molecule has 8 heteroatoms. The second-order valence-corrected chi connectivity index (χ2v) is 7.18. The molecule has 1 aromatic heterocycles. The van der Waals surface area contributed by atoms with Gasteiger partial charge < -0.3 is 31.1 Å². The van der Waals surface area contributed by atoms with Crippen molar-refractivity contribution >= 4 is 17.6 Å². The molecule has 0 bridgehead atoms. The summed E-state index contributed by atoms with van der Waals surface area (Å²) in [6.45, 7) is 5.82. The summed E-state index contributed by atoms with van der Waals surface area (Å²) in [5.74, 6) is 2.41. The molecule has 8 nitrogen and oxygen atoms in total. The van der Waals surface area contributed by atoms with E-state index in [-0.39, 0.29) is 25.1 Å². The van der Waals surface area contributed by atoms with Gasteiger partial charge in [-0.3, -0.25) is 0 Å². The highest BCUT2D eigenvalue weighted by molar-refractivity contribution is 5.53. The summed E-state index contributed by atoms with van der Waals surface area (Å²) in [7, 11) is 0. The lowest BCUT2D eigenvalue weighted by atomic mass is 9.89. The first-order valence-corrected chi connectivity index (χ1v) is 9.25. The van der Waals surface area contributed by atoms with Gasteiger partial charge in [0, 0.05) is 38.9 Å². The molecule has 3 rings (SSSR count). The minimum atomic E-state index is 0.0352. The smallest absolute Gasteiger partial charge is 0.223 e. The van der Waals surface area contributed by atoms with Gasteiger partial charge in [0.25, 0.3) is 0 Å². The van der Waals surface area contributed by atoms with Crippen LogP contribution in [0.5, 0.6) is 0 Å². The number of aliphatic hydroxyl groups excluding tert-OH is 2. The first kappa shape index (κ1) is 18.2. The first-order chi connectivity index (χ1) is 12.2. The molecular formula is C17H30N6O2. The van der Waals surface area contributed by atoms with Crippen molar-refractivity contribution in [1.82, 2.24) is 14.9 Å². The van der Waals surface area contributed by atoms with Gasteiger partial charge in [-0.05, 0) is 44.2 Å². The lowest BCUT2D eigenvalue weighted by Crippen LogP contribution is -2.45. The van der Waals surface area contributed by atoms with Crippen LogP contribution in [0.1, 0.15) is 19.3 Å². The van der Waals surface area contributed by atoms with E-state index in [2.05, 4.69) is 25.1 Å². The van der Waals surface area contributed by atoms with E-state index in [1.807, 2.05) is 6.07 Å². The SMILES string of the molecule is Nc1nc(NCCO)cc(N2CC(CO)CC(CN3CCCC3)C2)n1. The Bertz CT molecular complexity index is 552. The van der Waals surface area contributed by atoms with E-state index >= 15 is 0 Å². The van der Waals surface area contributed by atoms with Crippen LogP contribution in [0.2, 0.25) is 0 Å². The molecule has 0 aliphatic carbocycles. The zero-order chi connectivity index (χ0) is 17.6. The molecular weight excluding hydrogens is 320 g/mol. The van der Waals surface area contributed by atoms with Crippen molar-refractivity contribution in [3.05, 3.63) is 6.07 Å². The van der Waals surface area contributed by atoms with Crippen molar-refractivity contribution in [2.24, 2.45) is 11.8 Å². The molecule has 2 atom stereocenters. The Balaban J connectivity index is 1.71. The van der Waals surface area contributed by atoms with Gasteiger partial charge in [-0.25, -0.2) is 0 Å². The molecule has 2 aliphatic heterocycles. The van der Waals surface area contributed by atoms with Gasteiger partial charge in [-0.15, -0.1) is 0 Å². The quantitative estimate of drug-likeness (QED) is 0.544. The van der Waals surface area contributed by atoms with Crippen molar-refractivity contribution in [2.45, 2.75) is 19.3 Å². The van der Waals surface area contributed by atoms with Crippen LogP contribution in [0.15, 0.2) is 6.07 Å². The van der Waals surface area contributed by atoms with Crippen molar-refractivity contribution in [2.75, 3.05) is 68.4 Å². The van der Waals surface area contributed by atoms with Crippen LogP contribution >= 0.6 is 0 Å². The Morgan fingerprint density at radius 3 is 2.64 bits per heavy atom. The molecule has 2 unspecified atom stereocenters. The fourth-order valence-electron chi connectivity index (χ4n) is 3.99. The van der Waals surface area contributed by atoms with E-state index in [4.69, 9.17) is 10.8 Å². The minimum Gasteiger partial charge on any atom is -0.396 e. The summed E-state index contributed by atoms with van der Waals surface area (Å²) in [4.78, 5) is 13.3. The van der Waals surface area contributed by atoms with E-state index in [9.17, 15) is 5.11 Å². The maximum atomic E-state index is 9.72. The van der Waals surface area contributed by atoms with E-state index in [0.29, 0.717) is 18.3 Å². The number of nitrogens with two attached hydrogens (primary N) is 1. The van der Waals surface area contributed by atoms with Gasteiger partial charge in [0.05, 0.1) is 6.61 Å². The molecule has 2 saturated heterocycles. The molecule has 140 valence electrons. The number of piperidine rings is 1. The number of hydrogen-bond donors (Lipinski definition) is 4. The highest BCUT2D eigenvalue weighted by Crippen LogP contribution is 2.28. The molecule has 2 fully saturated rings. The molecule has 5 N–H and O–H groups in total. The Labute approximate surface area is 149 Å². The number of nitrogens with one attached hydrogen (secondary N) is 1. The Hall–Kier alpha value is -1.64. The van der Waals surface area contributed by atoms with Crippen LogP contribution in [-0.2, 0) is 0 Å². The van der Waals surface area contributed by atoms with Crippen LogP contribution in [0.3, 0.4) is 0 Å². The van der Waals surface area contributed by atoms with Gasteiger partial charge in [0.15, 0.2) is 0 Å². The van der Waals surface area contributed by atoms with Gasteiger partial charge in [-0.1, -0.05) is 0 Å². The van der Waals surface area contributed by atoms with Crippen LogP contribution in [0.4, 0.5) is 17.6 Å². The minimum absolute atomic E-state index is 0.0352. The molecule has 0 saturated carbocycles. The molecule has 0 amide bonds. The Morgan fingerprint density at radius 1 is 1.16 bits per heavy atom. The zero-order valence-electron chi connectivity index (χ0n) is 14.8. The van der Waals surface area contributed by atoms with E-state index in [0.717, 1.165) is 31.9 Å². The predicted molar refractivity (Wildman–Crippen MR) is 98.6 cm³/mol. The number of rotatable bonds is 7. The normalized spacial score (nSPS) is 24.6. The fourth-order valence-corrected chi connectivity index (χ4v) is 3.99. The van der Waals surface area contributed by atoms with Crippen LogP contribution < -0.4 is 16.0 Å². The van der Waals surface area contributed by atoms with E-state index in [1.54, 1.807) is 0 Å². The average Bonchev–Trinajstić information content (AvgIpc) is 3.12. The maximum Gasteiger partial charge on any atom is 0.223 e. The highest BCUT2D eigenvalue weighted by Gasteiger charge is 2.30. The summed E-state index contributed by atoms with van der Waals surface area (Å²) in [6, 6.07) is 1.87. The second-order valence-electron chi connectivity index (χ2n) is 7.18.